The fraction of sp³-hybridized carbons (Fsp3) is 0.0909. The number of rotatable bonds is 5. The molecule has 0 atom stereocenters. The Labute approximate surface area is 172 Å². The Bertz CT molecular complexity index is 1180. The van der Waals surface area contributed by atoms with Gasteiger partial charge in [-0.05, 0) is 49.5 Å². The molecule has 0 aliphatic carbocycles. The zero-order valence-electron chi connectivity index (χ0n) is 16.4. The molecule has 0 spiro atoms. The van der Waals surface area contributed by atoms with Crippen molar-refractivity contribution in [3.05, 3.63) is 65.2 Å². The van der Waals surface area contributed by atoms with Crippen molar-refractivity contribution < 1.29 is 13.6 Å². The summed E-state index contributed by atoms with van der Waals surface area (Å²) in [5.41, 5.74) is 14.7. The van der Waals surface area contributed by atoms with Crippen molar-refractivity contribution in [2.75, 3.05) is 12.8 Å². The molecule has 0 aliphatic rings. The lowest BCUT2D eigenvalue weighted by Crippen LogP contribution is -2.15. The first-order valence-corrected chi connectivity index (χ1v) is 8.86. The minimum absolute atomic E-state index is 0.000947. The number of hydrogen-bond donors (Lipinski definition) is 2. The van der Waals surface area contributed by atoms with Gasteiger partial charge in [-0.15, -0.1) is 0 Å². The SMILES string of the molecule is C=Nc1ccc(-c2cc(C(N)=O)c(N)nc2-c2cc(F)cc(F)c2)cc1/C(C)=N\C. The second kappa shape index (κ2) is 8.20. The fourth-order valence-electron chi connectivity index (χ4n) is 3.11. The Morgan fingerprint density at radius 1 is 1.03 bits per heavy atom. The highest BCUT2D eigenvalue weighted by Crippen LogP contribution is 2.36. The topological polar surface area (TPSA) is 107 Å². The van der Waals surface area contributed by atoms with Crippen LogP contribution in [-0.2, 0) is 0 Å². The first kappa shape index (κ1) is 20.8. The van der Waals surface area contributed by atoms with Gasteiger partial charge in [-0.2, -0.15) is 0 Å². The first-order chi connectivity index (χ1) is 14.2. The standard InChI is InChI=1S/C22H19F2N5O/c1-11(27-2)16-8-12(4-5-19(16)28-3)17-10-18(22(26)30)21(25)29-20(17)13-6-14(23)9-15(24)7-13/h4-10H,3H2,1-2H3,(H2,25,29)(H2,26,30)/b27-11-. The molecule has 2 aromatic carbocycles. The third kappa shape index (κ3) is 3.93. The lowest BCUT2D eigenvalue weighted by molar-refractivity contribution is 0.100. The molecule has 0 aliphatic heterocycles. The number of carbonyl (C=O) groups is 1. The molecule has 0 bridgehead atoms. The van der Waals surface area contributed by atoms with E-state index >= 15 is 0 Å². The van der Waals surface area contributed by atoms with Crippen LogP contribution in [0.25, 0.3) is 22.4 Å². The second-order valence-corrected chi connectivity index (χ2v) is 6.54. The zero-order chi connectivity index (χ0) is 22.0. The van der Waals surface area contributed by atoms with Gasteiger partial charge < -0.3 is 11.5 Å². The lowest BCUT2D eigenvalue weighted by Gasteiger charge is -2.15. The third-order valence-electron chi connectivity index (χ3n) is 4.66. The smallest absolute Gasteiger partial charge is 0.252 e. The first-order valence-electron chi connectivity index (χ1n) is 8.86. The molecule has 1 heterocycles. The van der Waals surface area contributed by atoms with E-state index in [1.165, 1.54) is 6.07 Å². The Hall–Kier alpha value is -3.94. The molecule has 3 rings (SSSR count). The summed E-state index contributed by atoms with van der Waals surface area (Å²) >= 11 is 0. The Balaban J connectivity index is 2.36. The van der Waals surface area contributed by atoms with E-state index in [2.05, 4.69) is 21.7 Å². The van der Waals surface area contributed by atoms with Gasteiger partial charge in [-0.1, -0.05) is 6.07 Å². The van der Waals surface area contributed by atoms with E-state index in [4.69, 9.17) is 11.5 Å². The van der Waals surface area contributed by atoms with Crippen LogP contribution >= 0.6 is 0 Å². The van der Waals surface area contributed by atoms with Crippen molar-refractivity contribution in [2.45, 2.75) is 6.92 Å². The molecule has 0 radical (unpaired) electrons. The Morgan fingerprint density at radius 2 is 1.70 bits per heavy atom. The van der Waals surface area contributed by atoms with E-state index in [-0.39, 0.29) is 22.6 Å². The molecule has 1 aromatic heterocycles. The molecule has 0 fully saturated rings. The molecule has 3 aromatic rings. The molecular formula is C22H19F2N5O. The third-order valence-corrected chi connectivity index (χ3v) is 4.66. The average molecular weight is 407 g/mol. The van der Waals surface area contributed by atoms with Crippen LogP contribution in [-0.4, -0.2) is 30.4 Å². The maximum Gasteiger partial charge on any atom is 0.252 e. The minimum atomic E-state index is -0.769. The van der Waals surface area contributed by atoms with Gasteiger partial charge in [0.05, 0.1) is 16.9 Å². The van der Waals surface area contributed by atoms with Gasteiger partial charge in [0.25, 0.3) is 5.91 Å². The second-order valence-electron chi connectivity index (χ2n) is 6.54. The molecule has 8 heteroatoms. The molecule has 6 nitrogen and oxygen atoms in total. The normalized spacial score (nSPS) is 11.4. The van der Waals surface area contributed by atoms with Crippen LogP contribution in [0.1, 0.15) is 22.8 Å². The number of amides is 1. The van der Waals surface area contributed by atoms with Crippen LogP contribution in [0.2, 0.25) is 0 Å². The summed E-state index contributed by atoms with van der Waals surface area (Å²) in [6.45, 7) is 5.38. The number of nitrogens with two attached hydrogens (primary N) is 2. The maximum atomic E-state index is 13.9. The molecule has 1 amide bonds. The number of hydrogen-bond acceptors (Lipinski definition) is 5. The van der Waals surface area contributed by atoms with Crippen LogP contribution < -0.4 is 11.5 Å². The number of aromatic nitrogens is 1. The number of benzene rings is 2. The quantitative estimate of drug-likeness (QED) is 0.621. The molecule has 0 saturated carbocycles. The number of halogens is 2. The van der Waals surface area contributed by atoms with Gasteiger partial charge in [0, 0.05) is 35.5 Å². The molecule has 0 saturated heterocycles. The van der Waals surface area contributed by atoms with E-state index in [1.54, 1.807) is 25.2 Å². The number of anilines is 1. The van der Waals surface area contributed by atoms with E-state index < -0.39 is 17.5 Å². The number of pyridine rings is 1. The summed E-state index contributed by atoms with van der Waals surface area (Å²) in [7, 11) is 1.64. The monoisotopic (exact) mass is 407 g/mol. The van der Waals surface area contributed by atoms with E-state index in [1.807, 2.05) is 6.92 Å². The van der Waals surface area contributed by atoms with Crippen LogP contribution in [0.15, 0.2) is 52.4 Å². The van der Waals surface area contributed by atoms with Crippen molar-refractivity contribution >= 4 is 29.8 Å². The summed E-state index contributed by atoms with van der Waals surface area (Å²) in [6.07, 6.45) is 0. The number of aliphatic imine (C=N–C) groups is 2. The summed E-state index contributed by atoms with van der Waals surface area (Å²) in [5, 5.41) is 0. The molecule has 4 N–H and O–H groups in total. The van der Waals surface area contributed by atoms with Crippen molar-refractivity contribution in [1.82, 2.24) is 4.98 Å². The van der Waals surface area contributed by atoms with Crippen molar-refractivity contribution in [2.24, 2.45) is 15.7 Å². The highest BCUT2D eigenvalue weighted by Gasteiger charge is 2.19. The zero-order valence-corrected chi connectivity index (χ0v) is 16.4. The van der Waals surface area contributed by atoms with E-state index in [0.29, 0.717) is 28.1 Å². The Morgan fingerprint density at radius 3 is 2.27 bits per heavy atom. The molecular weight excluding hydrogens is 388 g/mol. The van der Waals surface area contributed by atoms with Gasteiger partial charge in [0.15, 0.2) is 0 Å². The lowest BCUT2D eigenvalue weighted by atomic mass is 9.94. The fourth-order valence-corrected chi connectivity index (χ4v) is 3.11. The number of carbonyl (C=O) groups excluding carboxylic acids is 1. The summed E-state index contributed by atoms with van der Waals surface area (Å²) in [4.78, 5) is 24.2. The van der Waals surface area contributed by atoms with Crippen molar-refractivity contribution in [3.63, 3.8) is 0 Å². The van der Waals surface area contributed by atoms with Crippen LogP contribution in [0, 0.1) is 11.6 Å². The molecule has 152 valence electrons. The van der Waals surface area contributed by atoms with Gasteiger partial charge in [0.1, 0.15) is 17.5 Å². The summed E-state index contributed by atoms with van der Waals surface area (Å²) in [5.74, 6) is -2.44. The van der Waals surface area contributed by atoms with Gasteiger partial charge in [0.2, 0.25) is 0 Å². The van der Waals surface area contributed by atoms with E-state index in [9.17, 15) is 13.6 Å². The maximum absolute atomic E-state index is 13.9. The average Bonchev–Trinajstić information content (AvgIpc) is 2.71. The van der Waals surface area contributed by atoms with Crippen molar-refractivity contribution in [1.29, 1.82) is 0 Å². The van der Waals surface area contributed by atoms with Gasteiger partial charge in [-0.3, -0.25) is 14.8 Å². The summed E-state index contributed by atoms with van der Waals surface area (Å²) < 4.78 is 27.7. The minimum Gasteiger partial charge on any atom is -0.383 e. The number of nitrogen functional groups attached to an aromatic ring is 1. The predicted molar refractivity (Wildman–Crippen MR) is 115 cm³/mol. The molecule has 30 heavy (non-hydrogen) atoms. The van der Waals surface area contributed by atoms with Crippen molar-refractivity contribution in [3.8, 4) is 22.4 Å². The number of nitrogens with zero attached hydrogens (tertiary/aromatic N) is 3. The van der Waals surface area contributed by atoms with Crippen LogP contribution in [0.3, 0.4) is 0 Å². The molecule has 0 unspecified atom stereocenters. The predicted octanol–water partition coefficient (Wildman–Crippen LogP) is 4.15. The van der Waals surface area contributed by atoms with Crippen LogP contribution in [0.5, 0.6) is 0 Å². The van der Waals surface area contributed by atoms with Crippen LogP contribution in [0.4, 0.5) is 20.3 Å². The highest BCUT2D eigenvalue weighted by atomic mass is 19.1. The largest absolute Gasteiger partial charge is 0.383 e. The van der Waals surface area contributed by atoms with Gasteiger partial charge in [-0.25, -0.2) is 13.8 Å². The van der Waals surface area contributed by atoms with E-state index in [0.717, 1.165) is 18.2 Å². The highest BCUT2D eigenvalue weighted by molar-refractivity contribution is 6.05. The Kier molecular flexibility index (Phi) is 5.68. The number of primary amides is 1. The van der Waals surface area contributed by atoms with Gasteiger partial charge >= 0.3 is 0 Å². The summed E-state index contributed by atoms with van der Waals surface area (Å²) in [6, 6.07) is 9.73.